The molecule has 0 bridgehead atoms. The average molecular weight is 237 g/mol. The van der Waals surface area contributed by atoms with Crippen molar-refractivity contribution >= 4 is 17.4 Å². The lowest BCUT2D eigenvalue weighted by atomic mass is 10.1. The third-order valence-corrected chi connectivity index (χ3v) is 2.90. The molecule has 3 heteroatoms. The SMILES string of the molecule is O=C(/C=C1\CCC(CCl)O1)c1ccccc1. The van der Waals surface area contributed by atoms with Crippen LogP contribution in [0.1, 0.15) is 23.2 Å². The quantitative estimate of drug-likeness (QED) is 0.458. The molecule has 1 aliphatic heterocycles. The summed E-state index contributed by atoms with van der Waals surface area (Å²) in [6.45, 7) is 0. The van der Waals surface area contributed by atoms with Crippen LogP contribution in [0.3, 0.4) is 0 Å². The number of ketones is 1. The third-order valence-electron chi connectivity index (χ3n) is 2.55. The van der Waals surface area contributed by atoms with Gasteiger partial charge in [-0.15, -0.1) is 11.6 Å². The minimum atomic E-state index is -0.00850. The normalized spacial score (nSPS) is 22.1. The molecular weight excluding hydrogens is 224 g/mol. The number of benzene rings is 1. The van der Waals surface area contributed by atoms with Gasteiger partial charge < -0.3 is 4.74 Å². The van der Waals surface area contributed by atoms with Gasteiger partial charge in [0.25, 0.3) is 0 Å². The van der Waals surface area contributed by atoms with Crippen molar-refractivity contribution in [2.45, 2.75) is 18.9 Å². The van der Waals surface area contributed by atoms with E-state index >= 15 is 0 Å². The van der Waals surface area contributed by atoms with Gasteiger partial charge in [0.2, 0.25) is 0 Å². The zero-order chi connectivity index (χ0) is 11.4. The largest absolute Gasteiger partial charge is 0.493 e. The molecule has 1 fully saturated rings. The second-order valence-corrected chi connectivity index (χ2v) is 4.08. The monoisotopic (exact) mass is 236 g/mol. The van der Waals surface area contributed by atoms with E-state index < -0.39 is 0 Å². The highest BCUT2D eigenvalue weighted by Crippen LogP contribution is 2.24. The molecule has 0 aliphatic carbocycles. The Morgan fingerprint density at radius 1 is 1.44 bits per heavy atom. The first kappa shape index (κ1) is 11.2. The van der Waals surface area contributed by atoms with Crippen molar-refractivity contribution in [3.05, 3.63) is 47.7 Å². The van der Waals surface area contributed by atoms with Gasteiger partial charge in [0.15, 0.2) is 5.78 Å². The van der Waals surface area contributed by atoms with Crippen LogP contribution in [-0.4, -0.2) is 17.8 Å². The summed E-state index contributed by atoms with van der Waals surface area (Å²) in [5, 5.41) is 0. The zero-order valence-electron chi connectivity index (χ0n) is 8.86. The fraction of sp³-hybridized carbons (Fsp3) is 0.308. The van der Waals surface area contributed by atoms with Gasteiger partial charge in [-0.1, -0.05) is 30.3 Å². The first-order valence-corrected chi connectivity index (χ1v) is 5.85. The summed E-state index contributed by atoms with van der Waals surface area (Å²) in [4.78, 5) is 11.8. The Kier molecular flexibility index (Phi) is 3.62. The smallest absolute Gasteiger partial charge is 0.189 e. The highest BCUT2D eigenvalue weighted by atomic mass is 35.5. The van der Waals surface area contributed by atoms with E-state index in [1.165, 1.54) is 0 Å². The Morgan fingerprint density at radius 3 is 2.81 bits per heavy atom. The van der Waals surface area contributed by atoms with Crippen molar-refractivity contribution in [2.75, 3.05) is 5.88 Å². The van der Waals surface area contributed by atoms with Crippen LogP contribution in [0.2, 0.25) is 0 Å². The lowest BCUT2D eigenvalue weighted by molar-refractivity contribution is 0.103. The van der Waals surface area contributed by atoms with E-state index in [1.54, 1.807) is 18.2 Å². The first-order chi connectivity index (χ1) is 7.79. The fourth-order valence-corrected chi connectivity index (χ4v) is 1.90. The Balaban J connectivity index is 2.05. The number of rotatable bonds is 3. The number of carbonyl (C=O) groups is 1. The molecule has 84 valence electrons. The second-order valence-electron chi connectivity index (χ2n) is 3.77. The molecule has 0 aromatic heterocycles. The maximum absolute atomic E-state index is 11.8. The Hall–Kier alpha value is -1.28. The first-order valence-electron chi connectivity index (χ1n) is 5.32. The summed E-state index contributed by atoms with van der Waals surface area (Å²) in [6, 6.07) is 9.19. The van der Waals surface area contributed by atoms with Gasteiger partial charge in [0.05, 0.1) is 5.88 Å². The van der Waals surface area contributed by atoms with Gasteiger partial charge in [0.1, 0.15) is 11.9 Å². The van der Waals surface area contributed by atoms with E-state index in [0.717, 1.165) is 18.6 Å². The van der Waals surface area contributed by atoms with Crippen LogP contribution in [-0.2, 0) is 4.74 Å². The van der Waals surface area contributed by atoms with Crippen LogP contribution < -0.4 is 0 Å². The topological polar surface area (TPSA) is 26.3 Å². The summed E-state index contributed by atoms with van der Waals surface area (Å²) in [7, 11) is 0. The minimum Gasteiger partial charge on any atom is -0.493 e. The Morgan fingerprint density at radius 2 is 2.19 bits per heavy atom. The van der Waals surface area contributed by atoms with Crippen molar-refractivity contribution in [1.29, 1.82) is 0 Å². The second kappa shape index (κ2) is 5.17. The summed E-state index contributed by atoms with van der Waals surface area (Å²) in [5.41, 5.74) is 0.688. The number of carbonyl (C=O) groups excluding carboxylic acids is 1. The lowest BCUT2D eigenvalue weighted by Crippen LogP contribution is -2.05. The van der Waals surface area contributed by atoms with Crippen LogP contribution in [0.15, 0.2) is 42.2 Å². The molecular formula is C13H13ClO2. The molecule has 0 N–H and O–H groups in total. The van der Waals surface area contributed by atoms with Gasteiger partial charge in [-0.2, -0.15) is 0 Å². The van der Waals surface area contributed by atoms with Gasteiger partial charge in [-0.25, -0.2) is 0 Å². The molecule has 0 spiro atoms. The molecule has 2 rings (SSSR count). The molecule has 0 saturated carbocycles. The number of halogens is 1. The minimum absolute atomic E-state index is 0.00850. The molecule has 0 amide bonds. The van der Waals surface area contributed by atoms with Gasteiger partial charge in [-0.05, 0) is 6.42 Å². The van der Waals surface area contributed by atoms with Crippen molar-refractivity contribution in [3.63, 3.8) is 0 Å². The maximum atomic E-state index is 11.8. The Labute approximate surface area is 99.9 Å². The average Bonchev–Trinajstić information content (AvgIpc) is 2.78. The summed E-state index contributed by atoms with van der Waals surface area (Å²) in [5.74, 6) is 1.22. The molecule has 1 atom stereocenters. The van der Waals surface area contributed by atoms with Crippen LogP contribution >= 0.6 is 11.6 Å². The molecule has 1 heterocycles. The molecule has 1 saturated heterocycles. The number of allylic oxidation sites excluding steroid dienone is 2. The van der Waals surface area contributed by atoms with E-state index in [2.05, 4.69) is 0 Å². The van der Waals surface area contributed by atoms with Crippen LogP contribution in [0.4, 0.5) is 0 Å². The number of alkyl halides is 1. The molecule has 1 unspecified atom stereocenters. The summed E-state index contributed by atoms with van der Waals surface area (Å²) in [6.07, 6.45) is 3.34. The van der Waals surface area contributed by atoms with E-state index in [1.807, 2.05) is 18.2 Å². The molecule has 1 aliphatic rings. The van der Waals surface area contributed by atoms with Crippen molar-refractivity contribution < 1.29 is 9.53 Å². The van der Waals surface area contributed by atoms with Crippen molar-refractivity contribution in [1.82, 2.24) is 0 Å². The van der Waals surface area contributed by atoms with Gasteiger partial charge in [-0.3, -0.25) is 4.79 Å². The third kappa shape index (κ3) is 2.64. The predicted molar refractivity (Wildman–Crippen MR) is 63.7 cm³/mol. The molecule has 2 nitrogen and oxygen atoms in total. The highest BCUT2D eigenvalue weighted by Gasteiger charge is 2.20. The van der Waals surface area contributed by atoms with E-state index in [4.69, 9.17) is 16.3 Å². The van der Waals surface area contributed by atoms with Crippen molar-refractivity contribution in [2.24, 2.45) is 0 Å². The van der Waals surface area contributed by atoms with Crippen LogP contribution in [0.5, 0.6) is 0 Å². The standard InChI is InChI=1S/C13H13ClO2/c14-9-12-7-6-11(16-12)8-13(15)10-4-2-1-3-5-10/h1-5,8,12H,6-7,9H2/b11-8+. The molecule has 0 radical (unpaired) electrons. The van der Waals surface area contributed by atoms with E-state index in [0.29, 0.717) is 11.4 Å². The van der Waals surface area contributed by atoms with Crippen LogP contribution in [0, 0.1) is 0 Å². The highest BCUT2D eigenvalue weighted by molar-refractivity contribution is 6.18. The fourth-order valence-electron chi connectivity index (χ4n) is 1.68. The molecule has 1 aromatic carbocycles. The molecule has 16 heavy (non-hydrogen) atoms. The zero-order valence-corrected chi connectivity index (χ0v) is 9.61. The van der Waals surface area contributed by atoms with E-state index in [-0.39, 0.29) is 11.9 Å². The number of ether oxygens (including phenoxy) is 1. The summed E-state index contributed by atoms with van der Waals surface area (Å²) < 4.78 is 5.51. The van der Waals surface area contributed by atoms with Gasteiger partial charge >= 0.3 is 0 Å². The van der Waals surface area contributed by atoms with Crippen LogP contribution in [0.25, 0.3) is 0 Å². The summed E-state index contributed by atoms with van der Waals surface area (Å²) >= 11 is 5.69. The molecule has 1 aromatic rings. The number of hydrogen-bond acceptors (Lipinski definition) is 2. The predicted octanol–water partition coefficient (Wildman–Crippen LogP) is 3.17. The Bertz CT molecular complexity index is 398. The van der Waals surface area contributed by atoms with Crippen molar-refractivity contribution in [3.8, 4) is 0 Å². The lowest BCUT2D eigenvalue weighted by Gasteiger charge is -2.05. The maximum Gasteiger partial charge on any atom is 0.189 e. The van der Waals surface area contributed by atoms with Gasteiger partial charge in [0, 0.05) is 18.1 Å². The van der Waals surface area contributed by atoms with E-state index in [9.17, 15) is 4.79 Å². The number of hydrogen-bond donors (Lipinski definition) is 0.